The van der Waals surface area contributed by atoms with Gasteiger partial charge in [-0.05, 0) is 26.2 Å². The molecule has 0 bridgehead atoms. The number of carbonyl (C=O) groups is 1. The third-order valence-corrected chi connectivity index (χ3v) is 4.70. The predicted octanol–water partition coefficient (Wildman–Crippen LogP) is 0.0369. The number of hydrogen-bond acceptors (Lipinski definition) is 4. The van der Waals surface area contributed by atoms with E-state index < -0.39 is 27.3 Å². The normalized spacial score (nSPS) is 31.3. The van der Waals surface area contributed by atoms with Crippen LogP contribution in [0.2, 0.25) is 0 Å². The summed E-state index contributed by atoms with van der Waals surface area (Å²) in [6, 6.07) is 0. The third kappa shape index (κ3) is 2.92. The van der Waals surface area contributed by atoms with Gasteiger partial charge in [-0.1, -0.05) is 0 Å². The van der Waals surface area contributed by atoms with Crippen molar-refractivity contribution < 1.29 is 23.4 Å². The van der Waals surface area contributed by atoms with Crippen LogP contribution >= 0.6 is 0 Å². The molecule has 0 saturated carbocycles. The van der Waals surface area contributed by atoms with Gasteiger partial charge in [0, 0.05) is 0 Å². The largest absolute Gasteiger partial charge is 0.481 e. The minimum atomic E-state index is -3.21. The molecule has 0 radical (unpaired) electrons. The van der Waals surface area contributed by atoms with Gasteiger partial charge < -0.3 is 10.2 Å². The molecule has 88 valence electrons. The van der Waals surface area contributed by atoms with Crippen LogP contribution < -0.4 is 0 Å². The molecule has 0 aromatic heterocycles. The van der Waals surface area contributed by atoms with Crippen LogP contribution in [0.25, 0.3) is 0 Å². The fourth-order valence-electron chi connectivity index (χ4n) is 1.87. The van der Waals surface area contributed by atoms with Gasteiger partial charge in [0.2, 0.25) is 0 Å². The van der Waals surface area contributed by atoms with E-state index in [0.29, 0.717) is 6.42 Å². The lowest BCUT2D eigenvalue weighted by Gasteiger charge is -2.22. The molecular formula is C9H16O5S. The first-order chi connectivity index (χ1) is 6.77. The highest BCUT2D eigenvalue weighted by Gasteiger charge is 2.47. The van der Waals surface area contributed by atoms with Crippen molar-refractivity contribution in [3.8, 4) is 0 Å². The first-order valence-electron chi connectivity index (χ1n) is 4.89. The summed E-state index contributed by atoms with van der Waals surface area (Å²) in [6.07, 6.45) is 0.114. The van der Waals surface area contributed by atoms with Gasteiger partial charge in [-0.3, -0.25) is 4.79 Å². The summed E-state index contributed by atoms with van der Waals surface area (Å²) in [7, 11) is -3.21. The molecule has 0 amide bonds. The molecule has 2 N–H and O–H groups in total. The Morgan fingerprint density at radius 2 is 2.13 bits per heavy atom. The maximum absolute atomic E-state index is 11.3. The van der Waals surface area contributed by atoms with Crippen LogP contribution in [0.15, 0.2) is 0 Å². The summed E-state index contributed by atoms with van der Waals surface area (Å²) in [5, 5.41) is 18.2. The lowest BCUT2D eigenvalue weighted by Crippen LogP contribution is -2.33. The van der Waals surface area contributed by atoms with E-state index in [1.54, 1.807) is 6.92 Å². The Balaban J connectivity index is 2.78. The molecule has 0 aromatic rings. The molecule has 1 saturated heterocycles. The molecule has 1 aliphatic heterocycles. The Morgan fingerprint density at radius 3 is 2.47 bits per heavy atom. The van der Waals surface area contributed by atoms with Gasteiger partial charge in [-0.15, -0.1) is 0 Å². The van der Waals surface area contributed by atoms with Crippen molar-refractivity contribution in [3.63, 3.8) is 0 Å². The zero-order chi connectivity index (χ0) is 11.7. The van der Waals surface area contributed by atoms with E-state index in [1.165, 1.54) is 0 Å². The second kappa shape index (κ2) is 4.09. The highest BCUT2D eigenvalue weighted by Crippen LogP contribution is 2.37. The van der Waals surface area contributed by atoms with E-state index >= 15 is 0 Å². The molecule has 0 spiro atoms. The summed E-state index contributed by atoms with van der Waals surface area (Å²) in [5.74, 6) is -1.41. The van der Waals surface area contributed by atoms with Gasteiger partial charge in [0.1, 0.15) is 0 Å². The van der Waals surface area contributed by atoms with E-state index in [-0.39, 0.29) is 24.3 Å². The zero-order valence-corrected chi connectivity index (χ0v) is 9.46. The van der Waals surface area contributed by atoms with Gasteiger partial charge in [-0.2, -0.15) is 0 Å². The predicted molar refractivity (Wildman–Crippen MR) is 54.3 cm³/mol. The molecule has 6 heteroatoms. The fraction of sp³-hybridized carbons (Fsp3) is 0.889. The molecule has 0 aromatic carbocycles. The van der Waals surface area contributed by atoms with Crippen LogP contribution in [-0.2, 0) is 14.6 Å². The molecular weight excluding hydrogens is 220 g/mol. The number of carboxylic acid groups (broad SMARTS) is 1. The topological polar surface area (TPSA) is 91.7 Å². The van der Waals surface area contributed by atoms with Gasteiger partial charge in [0.05, 0.1) is 23.0 Å². The number of aliphatic hydroxyl groups is 1. The Bertz CT molecular complexity index is 346. The van der Waals surface area contributed by atoms with E-state index in [4.69, 9.17) is 10.2 Å². The standard InChI is InChI=1S/C9H16O5S/c1-7(10)2-3-9(8(11)12)4-5-15(13,14)6-9/h7,10H,2-6H2,1H3,(H,11,12). The van der Waals surface area contributed by atoms with Crippen LogP contribution in [0.3, 0.4) is 0 Å². The summed E-state index contributed by atoms with van der Waals surface area (Å²) in [6.45, 7) is 1.57. The lowest BCUT2D eigenvalue weighted by atomic mass is 9.82. The Kier molecular flexibility index (Phi) is 3.40. The van der Waals surface area contributed by atoms with Gasteiger partial charge in [0.25, 0.3) is 0 Å². The summed E-state index contributed by atoms with van der Waals surface area (Å²) in [5.41, 5.74) is -1.17. The lowest BCUT2D eigenvalue weighted by molar-refractivity contribution is -0.148. The number of carboxylic acids is 1. The van der Waals surface area contributed by atoms with Crippen molar-refractivity contribution in [1.29, 1.82) is 0 Å². The van der Waals surface area contributed by atoms with Crippen molar-refractivity contribution in [2.45, 2.75) is 32.3 Å². The van der Waals surface area contributed by atoms with E-state index in [1.807, 2.05) is 0 Å². The number of aliphatic carboxylic acids is 1. The van der Waals surface area contributed by atoms with Crippen LogP contribution in [-0.4, -0.2) is 42.2 Å². The van der Waals surface area contributed by atoms with Crippen LogP contribution in [0.4, 0.5) is 0 Å². The van der Waals surface area contributed by atoms with Gasteiger partial charge in [0.15, 0.2) is 9.84 Å². The molecule has 2 unspecified atom stereocenters. The monoisotopic (exact) mass is 236 g/mol. The van der Waals surface area contributed by atoms with E-state index in [2.05, 4.69) is 0 Å². The average Bonchev–Trinajstić information content (AvgIpc) is 2.40. The van der Waals surface area contributed by atoms with E-state index in [9.17, 15) is 13.2 Å². The second-order valence-electron chi connectivity index (χ2n) is 4.32. The van der Waals surface area contributed by atoms with Crippen LogP contribution in [0, 0.1) is 5.41 Å². The van der Waals surface area contributed by atoms with Crippen molar-refractivity contribution >= 4 is 15.8 Å². The molecule has 1 heterocycles. The smallest absolute Gasteiger partial charge is 0.310 e. The summed E-state index contributed by atoms with van der Waals surface area (Å²) in [4.78, 5) is 11.1. The van der Waals surface area contributed by atoms with Crippen LogP contribution in [0.1, 0.15) is 26.2 Å². The Morgan fingerprint density at radius 1 is 1.53 bits per heavy atom. The maximum atomic E-state index is 11.3. The maximum Gasteiger partial charge on any atom is 0.310 e. The highest BCUT2D eigenvalue weighted by atomic mass is 32.2. The highest BCUT2D eigenvalue weighted by molar-refractivity contribution is 7.91. The molecule has 2 atom stereocenters. The quantitative estimate of drug-likeness (QED) is 0.719. The zero-order valence-electron chi connectivity index (χ0n) is 8.64. The molecule has 5 nitrogen and oxygen atoms in total. The SMILES string of the molecule is CC(O)CCC1(C(=O)O)CCS(=O)(=O)C1. The first kappa shape index (κ1) is 12.4. The summed E-state index contributed by atoms with van der Waals surface area (Å²) < 4.78 is 22.5. The van der Waals surface area contributed by atoms with Crippen molar-refractivity contribution in [2.24, 2.45) is 5.41 Å². The van der Waals surface area contributed by atoms with Gasteiger partial charge in [-0.25, -0.2) is 8.42 Å². The number of sulfone groups is 1. The van der Waals surface area contributed by atoms with Crippen molar-refractivity contribution in [3.05, 3.63) is 0 Å². The minimum absolute atomic E-state index is 0.0564. The van der Waals surface area contributed by atoms with Crippen molar-refractivity contribution in [2.75, 3.05) is 11.5 Å². The Labute approximate surface area is 89.0 Å². The number of hydrogen-bond donors (Lipinski definition) is 2. The Hall–Kier alpha value is -0.620. The molecule has 1 rings (SSSR count). The van der Waals surface area contributed by atoms with Crippen molar-refractivity contribution in [1.82, 2.24) is 0 Å². The fourth-order valence-corrected chi connectivity index (χ4v) is 3.97. The van der Waals surface area contributed by atoms with E-state index in [0.717, 1.165) is 0 Å². The van der Waals surface area contributed by atoms with Gasteiger partial charge >= 0.3 is 5.97 Å². The minimum Gasteiger partial charge on any atom is -0.481 e. The molecule has 0 aliphatic carbocycles. The number of aliphatic hydroxyl groups excluding tert-OH is 1. The average molecular weight is 236 g/mol. The second-order valence-corrected chi connectivity index (χ2v) is 6.50. The third-order valence-electron chi connectivity index (χ3n) is 2.88. The molecule has 1 fully saturated rings. The first-order valence-corrected chi connectivity index (χ1v) is 6.71. The molecule has 15 heavy (non-hydrogen) atoms. The summed E-state index contributed by atoms with van der Waals surface area (Å²) >= 11 is 0. The van der Waals surface area contributed by atoms with Crippen LogP contribution in [0.5, 0.6) is 0 Å². The number of rotatable bonds is 4. The molecule has 1 aliphatic rings.